The van der Waals surface area contributed by atoms with Gasteiger partial charge in [-0.15, -0.1) is 0 Å². The Morgan fingerprint density at radius 2 is 1.71 bits per heavy atom. The first-order valence-electron chi connectivity index (χ1n) is 9.49. The van der Waals surface area contributed by atoms with Gasteiger partial charge in [0.2, 0.25) is 5.95 Å². The van der Waals surface area contributed by atoms with Crippen LogP contribution in [0.2, 0.25) is 0 Å². The summed E-state index contributed by atoms with van der Waals surface area (Å²) >= 11 is 0. The monoisotopic (exact) mass is 374 g/mol. The first-order chi connectivity index (χ1) is 13.5. The van der Waals surface area contributed by atoms with Crippen LogP contribution in [-0.2, 0) is 6.54 Å². The van der Waals surface area contributed by atoms with Gasteiger partial charge in [-0.05, 0) is 50.5 Å². The molecule has 3 rings (SSSR count). The van der Waals surface area contributed by atoms with Crippen LogP contribution in [0.5, 0.6) is 0 Å². The Kier molecular flexibility index (Phi) is 6.04. The minimum Gasteiger partial charge on any atom is -0.333 e. The number of amides is 1. The summed E-state index contributed by atoms with van der Waals surface area (Å²) in [5.41, 5.74) is 5.92. The van der Waals surface area contributed by atoms with Crippen molar-refractivity contribution >= 4 is 17.5 Å². The number of nitrogens with one attached hydrogen (secondary N) is 1. The molecular weight excluding hydrogens is 348 g/mol. The molecule has 0 aliphatic heterocycles. The molecule has 0 fully saturated rings. The van der Waals surface area contributed by atoms with Gasteiger partial charge >= 0.3 is 0 Å². The summed E-state index contributed by atoms with van der Waals surface area (Å²) in [7, 11) is 0. The molecule has 3 aromatic rings. The van der Waals surface area contributed by atoms with Crippen LogP contribution in [0.3, 0.4) is 0 Å². The Labute approximate surface area is 166 Å². The maximum Gasteiger partial charge on any atom is 0.272 e. The van der Waals surface area contributed by atoms with Crippen LogP contribution in [0.25, 0.3) is 0 Å². The predicted octanol–water partition coefficient (Wildman–Crippen LogP) is 4.81. The number of carbonyl (C=O) groups excluding carboxylic acids is 1. The number of rotatable bonds is 6. The zero-order valence-corrected chi connectivity index (χ0v) is 16.9. The van der Waals surface area contributed by atoms with Crippen molar-refractivity contribution in [3.05, 3.63) is 82.7 Å². The van der Waals surface area contributed by atoms with Crippen molar-refractivity contribution in [1.82, 2.24) is 14.9 Å². The van der Waals surface area contributed by atoms with Crippen molar-refractivity contribution < 1.29 is 4.79 Å². The molecule has 1 heterocycles. The van der Waals surface area contributed by atoms with E-state index in [2.05, 4.69) is 48.2 Å². The van der Waals surface area contributed by atoms with Gasteiger partial charge in [0.25, 0.3) is 5.91 Å². The highest BCUT2D eigenvalue weighted by atomic mass is 16.2. The van der Waals surface area contributed by atoms with Crippen LogP contribution in [0.1, 0.15) is 39.7 Å². The minimum atomic E-state index is -0.103. The summed E-state index contributed by atoms with van der Waals surface area (Å²) in [5.74, 6) is 0.325. The lowest BCUT2D eigenvalue weighted by atomic mass is 10.1. The standard InChI is InChI=1S/C23H26N4O/c1-5-27(15-19-9-7-6-8-10-19)22(28)20-11-12-24-23(25-20)26-21-17(3)13-16(2)14-18(21)4/h6-14H,5,15H2,1-4H3,(H,24,25,26). The Balaban J connectivity index is 1.81. The highest BCUT2D eigenvalue weighted by Gasteiger charge is 2.17. The summed E-state index contributed by atoms with van der Waals surface area (Å²) in [6, 6.07) is 15.9. The van der Waals surface area contributed by atoms with E-state index in [4.69, 9.17) is 0 Å². The van der Waals surface area contributed by atoms with Crippen molar-refractivity contribution in [3.8, 4) is 0 Å². The van der Waals surface area contributed by atoms with Gasteiger partial charge in [-0.25, -0.2) is 9.97 Å². The molecule has 144 valence electrons. The molecule has 1 N–H and O–H groups in total. The molecule has 5 nitrogen and oxygen atoms in total. The second kappa shape index (κ2) is 8.65. The van der Waals surface area contributed by atoms with Gasteiger partial charge in [0.05, 0.1) is 0 Å². The van der Waals surface area contributed by atoms with Gasteiger partial charge in [-0.2, -0.15) is 0 Å². The predicted molar refractivity (Wildman–Crippen MR) is 113 cm³/mol. The zero-order chi connectivity index (χ0) is 20.1. The molecule has 0 unspecified atom stereocenters. The van der Waals surface area contributed by atoms with Crippen LogP contribution < -0.4 is 5.32 Å². The lowest BCUT2D eigenvalue weighted by Crippen LogP contribution is -2.31. The van der Waals surface area contributed by atoms with Crippen molar-refractivity contribution in [1.29, 1.82) is 0 Å². The largest absolute Gasteiger partial charge is 0.333 e. The maximum atomic E-state index is 13.0. The normalized spacial score (nSPS) is 10.6. The first-order valence-corrected chi connectivity index (χ1v) is 9.49. The number of aromatic nitrogens is 2. The number of aryl methyl sites for hydroxylation is 3. The average Bonchev–Trinajstić information content (AvgIpc) is 2.69. The summed E-state index contributed by atoms with van der Waals surface area (Å²) in [6.45, 7) is 9.31. The summed E-state index contributed by atoms with van der Waals surface area (Å²) in [5, 5.41) is 3.28. The second-order valence-electron chi connectivity index (χ2n) is 6.97. The first kappa shape index (κ1) is 19.5. The number of nitrogens with zero attached hydrogens (tertiary/aromatic N) is 3. The molecule has 1 amide bonds. The van der Waals surface area contributed by atoms with Crippen molar-refractivity contribution in [3.63, 3.8) is 0 Å². The maximum absolute atomic E-state index is 13.0. The van der Waals surface area contributed by atoms with Gasteiger partial charge in [-0.1, -0.05) is 48.0 Å². The molecule has 28 heavy (non-hydrogen) atoms. The molecule has 0 bridgehead atoms. The molecule has 0 aliphatic rings. The fourth-order valence-electron chi connectivity index (χ4n) is 3.32. The lowest BCUT2D eigenvalue weighted by Gasteiger charge is -2.21. The smallest absolute Gasteiger partial charge is 0.272 e. The van der Waals surface area contributed by atoms with Crippen LogP contribution in [0, 0.1) is 20.8 Å². The Morgan fingerprint density at radius 1 is 1.04 bits per heavy atom. The highest BCUT2D eigenvalue weighted by Crippen LogP contribution is 2.24. The summed E-state index contributed by atoms with van der Waals surface area (Å²) < 4.78 is 0. The number of hydrogen-bond acceptors (Lipinski definition) is 4. The lowest BCUT2D eigenvalue weighted by molar-refractivity contribution is 0.0746. The van der Waals surface area contributed by atoms with Gasteiger partial charge in [0.15, 0.2) is 0 Å². The van der Waals surface area contributed by atoms with Gasteiger partial charge < -0.3 is 10.2 Å². The Bertz CT molecular complexity index is 946. The van der Waals surface area contributed by atoms with Gasteiger partial charge in [-0.3, -0.25) is 4.79 Å². The number of benzene rings is 2. The Morgan fingerprint density at radius 3 is 2.36 bits per heavy atom. The van der Waals surface area contributed by atoms with E-state index in [1.54, 1.807) is 17.2 Å². The average molecular weight is 374 g/mol. The van der Waals surface area contributed by atoms with E-state index in [0.717, 1.165) is 22.4 Å². The van der Waals surface area contributed by atoms with E-state index >= 15 is 0 Å². The molecular formula is C23H26N4O. The minimum absolute atomic E-state index is 0.103. The van der Waals surface area contributed by atoms with E-state index in [0.29, 0.717) is 24.7 Å². The molecule has 0 atom stereocenters. The topological polar surface area (TPSA) is 58.1 Å². The highest BCUT2D eigenvalue weighted by molar-refractivity contribution is 5.92. The molecule has 2 aromatic carbocycles. The fraction of sp³-hybridized carbons (Fsp3) is 0.261. The van der Waals surface area contributed by atoms with E-state index in [1.807, 2.05) is 37.3 Å². The Hall–Kier alpha value is -3.21. The fourth-order valence-corrected chi connectivity index (χ4v) is 3.32. The van der Waals surface area contributed by atoms with Crippen LogP contribution in [-0.4, -0.2) is 27.3 Å². The second-order valence-corrected chi connectivity index (χ2v) is 6.97. The third-order valence-corrected chi connectivity index (χ3v) is 4.67. The molecule has 0 aliphatic carbocycles. The van der Waals surface area contributed by atoms with Crippen LogP contribution in [0.15, 0.2) is 54.7 Å². The van der Waals surface area contributed by atoms with Gasteiger partial charge in [0, 0.05) is 25.0 Å². The van der Waals surface area contributed by atoms with Crippen molar-refractivity contribution in [2.45, 2.75) is 34.2 Å². The van der Waals surface area contributed by atoms with Gasteiger partial charge in [0.1, 0.15) is 5.69 Å². The summed E-state index contributed by atoms with van der Waals surface area (Å²) in [4.78, 5) is 23.5. The third-order valence-electron chi connectivity index (χ3n) is 4.67. The van der Waals surface area contributed by atoms with Crippen LogP contribution in [0.4, 0.5) is 11.6 Å². The molecule has 0 radical (unpaired) electrons. The molecule has 0 spiro atoms. The zero-order valence-electron chi connectivity index (χ0n) is 16.9. The van der Waals surface area contributed by atoms with E-state index < -0.39 is 0 Å². The quantitative estimate of drug-likeness (QED) is 0.673. The third kappa shape index (κ3) is 4.55. The number of anilines is 2. The van der Waals surface area contributed by atoms with Crippen molar-refractivity contribution in [2.24, 2.45) is 0 Å². The molecule has 0 saturated heterocycles. The molecule has 1 aromatic heterocycles. The number of carbonyl (C=O) groups is 1. The molecule has 5 heteroatoms. The van der Waals surface area contributed by atoms with Crippen LogP contribution >= 0.6 is 0 Å². The number of hydrogen-bond donors (Lipinski definition) is 1. The van der Waals surface area contributed by atoms with E-state index in [1.165, 1.54) is 5.56 Å². The SMILES string of the molecule is CCN(Cc1ccccc1)C(=O)c1ccnc(Nc2c(C)cc(C)cc2C)n1. The van der Waals surface area contributed by atoms with E-state index in [9.17, 15) is 4.79 Å². The van der Waals surface area contributed by atoms with Crippen molar-refractivity contribution in [2.75, 3.05) is 11.9 Å². The molecule has 0 saturated carbocycles. The van der Waals surface area contributed by atoms with E-state index in [-0.39, 0.29) is 5.91 Å². The summed E-state index contributed by atoms with van der Waals surface area (Å²) in [6.07, 6.45) is 1.62.